The summed E-state index contributed by atoms with van der Waals surface area (Å²) in [5, 5.41) is 11.9. The van der Waals surface area contributed by atoms with Gasteiger partial charge in [0, 0.05) is 23.0 Å². The maximum Gasteiger partial charge on any atom is 0.0621 e. The molecule has 1 unspecified atom stereocenters. The minimum atomic E-state index is 0.358. The van der Waals surface area contributed by atoms with Gasteiger partial charge in [-0.25, -0.2) is 0 Å². The molecule has 2 nitrogen and oxygen atoms in total. The van der Waals surface area contributed by atoms with Crippen molar-refractivity contribution in [3.63, 3.8) is 0 Å². The van der Waals surface area contributed by atoms with E-state index in [-0.39, 0.29) is 0 Å². The topological polar surface area (TPSA) is 35.8 Å². The Balaban J connectivity index is 3.34. The monoisotopic (exact) mass is 228 g/mol. The van der Waals surface area contributed by atoms with Crippen molar-refractivity contribution >= 4 is 11.8 Å². The zero-order chi connectivity index (χ0) is 11.7. The molecule has 0 fully saturated rings. The van der Waals surface area contributed by atoms with Gasteiger partial charge < -0.3 is 5.32 Å². The van der Waals surface area contributed by atoms with Gasteiger partial charge in [0.2, 0.25) is 0 Å². The highest BCUT2D eigenvalue weighted by atomic mass is 32.2. The predicted octanol–water partition coefficient (Wildman–Crippen LogP) is 3.19. The number of thioether (sulfide) groups is 1. The van der Waals surface area contributed by atoms with E-state index in [1.807, 2.05) is 11.8 Å². The van der Waals surface area contributed by atoms with E-state index in [1.165, 1.54) is 0 Å². The van der Waals surface area contributed by atoms with Crippen LogP contribution in [-0.4, -0.2) is 23.1 Å². The minimum absolute atomic E-state index is 0.358. The van der Waals surface area contributed by atoms with E-state index in [2.05, 4.69) is 39.1 Å². The number of rotatable bonds is 7. The molecule has 0 heterocycles. The first-order valence-electron chi connectivity index (χ1n) is 5.70. The van der Waals surface area contributed by atoms with Gasteiger partial charge in [0.1, 0.15) is 0 Å². The van der Waals surface area contributed by atoms with Gasteiger partial charge in [0.15, 0.2) is 0 Å². The number of nitrogens with zero attached hydrogens (tertiary/aromatic N) is 1. The lowest BCUT2D eigenvalue weighted by Gasteiger charge is -2.21. The zero-order valence-electron chi connectivity index (χ0n) is 10.5. The fraction of sp³-hybridized carbons (Fsp3) is 0.917. The molecule has 0 aromatic rings. The van der Waals surface area contributed by atoms with Crippen molar-refractivity contribution < 1.29 is 0 Å². The summed E-state index contributed by atoms with van der Waals surface area (Å²) in [6.45, 7) is 10.0. The van der Waals surface area contributed by atoms with Crippen LogP contribution >= 0.6 is 11.8 Å². The van der Waals surface area contributed by atoms with Gasteiger partial charge in [-0.15, -0.1) is 0 Å². The van der Waals surface area contributed by atoms with Crippen LogP contribution < -0.4 is 5.32 Å². The van der Waals surface area contributed by atoms with Gasteiger partial charge >= 0.3 is 0 Å². The van der Waals surface area contributed by atoms with E-state index in [9.17, 15) is 0 Å². The Morgan fingerprint density at radius 3 is 2.53 bits per heavy atom. The van der Waals surface area contributed by atoms with Crippen LogP contribution in [0.2, 0.25) is 0 Å². The van der Waals surface area contributed by atoms with E-state index >= 15 is 0 Å². The molecule has 0 saturated heterocycles. The van der Waals surface area contributed by atoms with Crippen LogP contribution in [0.3, 0.4) is 0 Å². The predicted molar refractivity (Wildman–Crippen MR) is 69.1 cm³/mol. The average molecular weight is 228 g/mol. The molecule has 0 saturated carbocycles. The minimum Gasteiger partial charge on any atom is -0.313 e. The van der Waals surface area contributed by atoms with Crippen LogP contribution in [0.4, 0.5) is 0 Å². The number of unbranched alkanes of at least 4 members (excludes halogenated alkanes) is 2. The van der Waals surface area contributed by atoms with Gasteiger partial charge in [-0.05, 0) is 26.3 Å². The molecule has 0 aliphatic rings. The standard InChI is InChI=1S/C12H24N2S/c1-11(10-15-12(2,3)4)14-9-7-5-6-8-13/h11,14H,5-7,9-10H2,1-4H3. The third kappa shape index (κ3) is 11.7. The molecule has 0 rings (SSSR count). The molecular formula is C12H24N2S. The van der Waals surface area contributed by atoms with Crippen LogP contribution in [0.25, 0.3) is 0 Å². The van der Waals surface area contributed by atoms with Crippen molar-refractivity contribution in [2.45, 2.75) is 57.7 Å². The smallest absolute Gasteiger partial charge is 0.0621 e. The highest BCUT2D eigenvalue weighted by Gasteiger charge is 2.12. The molecule has 0 bridgehead atoms. The normalized spacial score (nSPS) is 13.5. The summed E-state index contributed by atoms with van der Waals surface area (Å²) in [4.78, 5) is 0. The Bertz CT molecular complexity index is 191. The Hall–Kier alpha value is -0.200. The molecule has 1 N–H and O–H groups in total. The molecule has 0 aliphatic carbocycles. The molecule has 0 spiro atoms. The van der Waals surface area contributed by atoms with Gasteiger partial charge in [0.05, 0.1) is 6.07 Å². The van der Waals surface area contributed by atoms with Crippen LogP contribution in [0.15, 0.2) is 0 Å². The van der Waals surface area contributed by atoms with Crippen LogP contribution in [-0.2, 0) is 0 Å². The Labute approximate surface area is 98.8 Å². The maximum atomic E-state index is 8.37. The van der Waals surface area contributed by atoms with Gasteiger partial charge in [-0.1, -0.05) is 20.8 Å². The lowest BCUT2D eigenvalue weighted by molar-refractivity contribution is 0.564. The van der Waals surface area contributed by atoms with Crippen LogP contribution in [0.5, 0.6) is 0 Å². The van der Waals surface area contributed by atoms with E-state index < -0.39 is 0 Å². The summed E-state index contributed by atoms with van der Waals surface area (Å²) in [6, 6.07) is 2.74. The zero-order valence-corrected chi connectivity index (χ0v) is 11.3. The molecular weight excluding hydrogens is 204 g/mol. The number of nitriles is 1. The Morgan fingerprint density at radius 2 is 2.00 bits per heavy atom. The van der Waals surface area contributed by atoms with Crippen molar-refractivity contribution in [3.8, 4) is 6.07 Å². The molecule has 88 valence electrons. The lowest BCUT2D eigenvalue weighted by atomic mass is 10.2. The van der Waals surface area contributed by atoms with Gasteiger partial charge in [-0.2, -0.15) is 17.0 Å². The lowest BCUT2D eigenvalue weighted by Crippen LogP contribution is -2.30. The molecule has 3 heteroatoms. The third-order valence-electron chi connectivity index (χ3n) is 1.97. The molecule has 0 radical (unpaired) electrons. The van der Waals surface area contributed by atoms with Crippen molar-refractivity contribution in [1.82, 2.24) is 5.32 Å². The Kier molecular flexibility index (Phi) is 7.90. The summed E-state index contributed by atoms with van der Waals surface area (Å²) in [6.07, 6.45) is 2.81. The van der Waals surface area contributed by atoms with E-state index in [4.69, 9.17) is 5.26 Å². The highest BCUT2D eigenvalue weighted by Crippen LogP contribution is 2.23. The number of hydrogen-bond acceptors (Lipinski definition) is 3. The Morgan fingerprint density at radius 1 is 1.33 bits per heavy atom. The van der Waals surface area contributed by atoms with Crippen molar-refractivity contribution in [1.29, 1.82) is 5.26 Å². The molecule has 15 heavy (non-hydrogen) atoms. The van der Waals surface area contributed by atoms with Crippen LogP contribution in [0, 0.1) is 11.3 Å². The molecule has 0 aromatic carbocycles. The fourth-order valence-corrected chi connectivity index (χ4v) is 1.98. The largest absolute Gasteiger partial charge is 0.313 e. The van der Waals surface area contributed by atoms with E-state index in [1.54, 1.807) is 0 Å². The summed E-state index contributed by atoms with van der Waals surface area (Å²) >= 11 is 2.00. The first-order chi connectivity index (χ1) is 6.95. The maximum absolute atomic E-state index is 8.37. The van der Waals surface area contributed by atoms with Gasteiger partial charge in [-0.3, -0.25) is 0 Å². The second-order valence-corrected chi connectivity index (χ2v) is 6.74. The van der Waals surface area contributed by atoms with Crippen molar-refractivity contribution in [2.24, 2.45) is 0 Å². The van der Waals surface area contributed by atoms with Crippen molar-refractivity contribution in [2.75, 3.05) is 12.3 Å². The number of hydrogen-bond donors (Lipinski definition) is 1. The van der Waals surface area contributed by atoms with E-state index in [0.717, 1.165) is 25.1 Å². The summed E-state index contributed by atoms with van der Waals surface area (Å²) < 4.78 is 0.358. The molecule has 1 atom stereocenters. The summed E-state index contributed by atoms with van der Waals surface area (Å²) in [5.41, 5.74) is 0. The third-order valence-corrected chi connectivity index (χ3v) is 3.51. The molecule has 0 aromatic heterocycles. The molecule has 0 aliphatic heterocycles. The van der Waals surface area contributed by atoms with Crippen molar-refractivity contribution in [3.05, 3.63) is 0 Å². The first-order valence-corrected chi connectivity index (χ1v) is 6.68. The molecule has 0 amide bonds. The van der Waals surface area contributed by atoms with Crippen LogP contribution in [0.1, 0.15) is 47.0 Å². The SMILES string of the molecule is CC(CSC(C)(C)C)NCCCCC#N. The highest BCUT2D eigenvalue weighted by molar-refractivity contribution is 8.00. The fourth-order valence-electron chi connectivity index (χ4n) is 1.11. The van der Waals surface area contributed by atoms with Gasteiger partial charge in [0.25, 0.3) is 0 Å². The quantitative estimate of drug-likeness (QED) is 0.680. The average Bonchev–Trinajstić information content (AvgIpc) is 2.13. The second kappa shape index (κ2) is 8.01. The summed E-state index contributed by atoms with van der Waals surface area (Å²) in [7, 11) is 0. The first kappa shape index (κ1) is 14.8. The summed E-state index contributed by atoms with van der Waals surface area (Å²) in [5.74, 6) is 1.15. The number of nitrogens with one attached hydrogen (secondary N) is 1. The van der Waals surface area contributed by atoms with E-state index in [0.29, 0.717) is 17.2 Å². The second-order valence-electron chi connectivity index (χ2n) is 4.89.